The predicted molar refractivity (Wildman–Crippen MR) is 79.3 cm³/mol. The Hall–Kier alpha value is -2.20. The number of H-pyrrole nitrogens is 1. The first-order chi connectivity index (χ1) is 9.25. The van der Waals surface area contributed by atoms with Gasteiger partial charge in [-0.05, 0) is 29.9 Å². The Morgan fingerprint density at radius 3 is 2.47 bits per heavy atom. The van der Waals surface area contributed by atoms with Gasteiger partial charge in [-0.2, -0.15) is 0 Å². The Balaban J connectivity index is 2.16. The van der Waals surface area contributed by atoms with E-state index in [9.17, 15) is 0 Å². The number of anilines is 1. The number of nitrogen functional groups attached to an aromatic ring is 1. The van der Waals surface area contributed by atoms with Crippen LogP contribution in [0.5, 0.6) is 0 Å². The van der Waals surface area contributed by atoms with E-state index < -0.39 is 0 Å². The predicted octanol–water partition coefficient (Wildman–Crippen LogP) is 2.82. The first kappa shape index (κ1) is 11.9. The van der Waals surface area contributed by atoms with Crippen LogP contribution in [0.25, 0.3) is 10.9 Å². The molecule has 0 aliphatic rings. The molecule has 0 atom stereocenters. The second-order valence-electron chi connectivity index (χ2n) is 4.43. The summed E-state index contributed by atoms with van der Waals surface area (Å²) in [6, 6.07) is 18.1. The van der Waals surface area contributed by atoms with Crippen LogP contribution in [0.1, 0.15) is 5.56 Å². The Labute approximate surface area is 116 Å². The highest BCUT2D eigenvalue weighted by atomic mass is 32.1. The van der Waals surface area contributed by atoms with Crippen molar-refractivity contribution in [3.63, 3.8) is 0 Å². The van der Waals surface area contributed by atoms with Crippen LogP contribution in [0.3, 0.4) is 0 Å². The van der Waals surface area contributed by atoms with Gasteiger partial charge in [-0.15, -0.1) is 0 Å². The number of fused-ring (bicyclic) bond motifs is 1. The fourth-order valence-corrected chi connectivity index (χ4v) is 2.45. The molecule has 0 fully saturated rings. The number of nitrogens with two attached hydrogens (primary N) is 1. The van der Waals surface area contributed by atoms with Gasteiger partial charge in [0.05, 0.1) is 11.9 Å². The van der Waals surface area contributed by atoms with Crippen molar-refractivity contribution in [1.29, 1.82) is 0 Å². The van der Waals surface area contributed by atoms with Crippen molar-refractivity contribution in [1.82, 2.24) is 4.98 Å². The van der Waals surface area contributed by atoms with E-state index in [4.69, 9.17) is 18.0 Å². The number of nitrogens with zero attached hydrogens (tertiary/aromatic N) is 1. The first-order valence-corrected chi connectivity index (χ1v) is 6.51. The maximum atomic E-state index is 6.24. The minimum absolute atomic E-state index is 0.639. The highest BCUT2D eigenvalue weighted by molar-refractivity contribution is 7.71. The van der Waals surface area contributed by atoms with Crippen LogP contribution < -0.4 is 10.3 Å². The smallest absolute Gasteiger partial charge is 0.295 e. The second-order valence-corrected chi connectivity index (χ2v) is 4.82. The summed E-state index contributed by atoms with van der Waals surface area (Å²) in [5.41, 5.74) is 8.39. The summed E-state index contributed by atoms with van der Waals surface area (Å²) in [6.45, 7) is 0.673. The van der Waals surface area contributed by atoms with Crippen LogP contribution in [0.4, 0.5) is 5.82 Å². The number of para-hydroxylation sites is 1. The van der Waals surface area contributed by atoms with E-state index in [2.05, 4.69) is 17.1 Å². The van der Waals surface area contributed by atoms with Gasteiger partial charge in [-0.3, -0.25) is 4.98 Å². The molecular weight excluding hydrogens is 254 g/mol. The number of hydrogen-bond acceptors (Lipinski definition) is 2. The van der Waals surface area contributed by atoms with Crippen molar-refractivity contribution in [3.8, 4) is 0 Å². The van der Waals surface area contributed by atoms with Crippen molar-refractivity contribution < 1.29 is 4.57 Å². The third-order valence-corrected chi connectivity index (χ3v) is 3.49. The second kappa shape index (κ2) is 4.82. The lowest BCUT2D eigenvalue weighted by atomic mass is 10.2. The largest absolute Gasteiger partial charge is 0.318 e. The summed E-state index contributed by atoms with van der Waals surface area (Å²) in [6.07, 6.45) is 0. The molecule has 0 aliphatic heterocycles. The molecule has 94 valence electrons. The molecule has 0 saturated heterocycles. The lowest BCUT2D eigenvalue weighted by Crippen LogP contribution is -2.40. The zero-order valence-electron chi connectivity index (χ0n) is 10.3. The monoisotopic (exact) mass is 268 g/mol. The molecule has 1 heterocycles. The standard InChI is InChI=1S/C15H13N3S/c16-14-12-8-4-5-9-13(12)17-15(19)18(14)10-11-6-2-1-3-7-11/h1-9H,10H2,(H2,16,17,19)/p+1. The molecule has 0 amide bonds. The summed E-state index contributed by atoms with van der Waals surface area (Å²) < 4.78 is 2.56. The fourth-order valence-electron chi connectivity index (χ4n) is 2.18. The Morgan fingerprint density at radius 1 is 1.00 bits per heavy atom. The van der Waals surface area contributed by atoms with E-state index in [0.717, 1.165) is 10.9 Å². The average Bonchev–Trinajstić information content (AvgIpc) is 2.45. The van der Waals surface area contributed by atoms with Gasteiger partial charge in [-0.25, -0.2) is 4.57 Å². The number of aromatic amines is 1. The van der Waals surface area contributed by atoms with Crippen LogP contribution in [0.2, 0.25) is 0 Å². The lowest BCUT2D eigenvalue weighted by Gasteiger charge is -2.07. The summed E-state index contributed by atoms with van der Waals surface area (Å²) in [7, 11) is 0. The molecule has 3 rings (SSSR count). The van der Waals surface area contributed by atoms with Gasteiger partial charge in [0.25, 0.3) is 4.77 Å². The molecule has 1 aromatic heterocycles. The van der Waals surface area contributed by atoms with E-state index in [1.54, 1.807) is 0 Å². The topological polar surface area (TPSA) is 45.7 Å². The molecule has 0 radical (unpaired) electrons. The van der Waals surface area contributed by atoms with Crippen LogP contribution in [0, 0.1) is 4.77 Å². The summed E-state index contributed by atoms with van der Waals surface area (Å²) in [5, 5.41) is 0.993. The van der Waals surface area contributed by atoms with Crippen molar-refractivity contribution in [2.75, 3.05) is 5.73 Å². The quantitative estimate of drug-likeness (QED) is 0.554. The molecule has 0 bridgehead atoms. The Morgan fingerprint density at radius 2 is 1.68 bits per heavy atom. The van der Waals surface area contributed by atoms with E-state index in [-0.39, 0.29) is 0 Å². The molecule has 3 nitrogen and oxygen atoms in total. The number of rotatable bonds is 2. The van der Waals surface area contributed by atoms with Crippen LogP contribution in [-0.4, -0.2) is 4.98 Å². The molecule has 0 saturated carbocycles. The third kappa shape index (κ3) is 2.22. The van der Waals surface area contributed by atoms with Gasteiger partial charge < -0.3 is 5.73 Å². The van der Waals surface area contributed by atoms with E-state index >= 15 is 0 Å². The fraction of sp³-hybridized carbons (Fsp3) is 0.0667. The van der Waals surface area contributed by atoms with E-state index in [1.165, 1.54) is 5.56 Å². The maximum Gasteiger partial charge on any atom is 0.295 e. The number of hydrogen-bond donors (Lipinski definition) is 2. The van der Waals surface area contributed by atoms with Gasteiger partial charge in [-0.1, -0.05) is 42.5 Å². The molecule has 3 aromatic rings. The lowest BCUT2D eigenvalue weighted by molar-refractivity contribution is -0.682. The van der Waals surface area contributed by atoms with Crippen LogP contribution in [0.15, 0.2) is 54.6 Å². The van der Waals surface area contributed by atoms with E-state index in [0.29, 0.717) is 17.1 Å². The molecule has 4 heteroatoms. The molecule has 0 spiro atoms. The molecule has 0 unspecified atom stereocenters. The van der Waals surface area contributed by atoms with Crippen LogP contribution in [-0.2, 0) is 6.54 Å². The van der Waals surface area contributed by atoms with Gasteiger partial charge in [0.1, 0.15) is 5.52 Å². The highest BCUT2D eigenvalue weighted by Crippen LogP contribution is 2.15. The van der Waals surface area contributed by atoms with Crippen molar-refractivity contribution >= 4 is 28.9 Å². The van der Waals surface area contributed by atoms with Crippen LogP contribution >= 0.6 is 12.2 Å². The number of benzene rings is 2. The van der Waals surface area contributed by atoms with E-state index in [1.807, 2.05) is 47.0 Å². The number of nitrogens with one attached hydrogen (secondary N) is 1. The normalized spacial score (nSPS) is 10.7. The summed E-state index contributed by atoms with van der Waals surface area (Å²) >= 11 is 5.39. The van der Waals surface area contributed by atoms with Gasteiger partial charge >= 0.3 is 0 Å². The highest BCUT2D eigenvalue weighted by Gasteiger charge is 2.11. The molecule has 2 aromatic carbocycles. The summed E-state index contributed by atoms with van der Waals surface area (Å²) in [5.74, 6) is 0.697. The minimum Gasteiger partial charge on any atom is -0.318 e. The molecule has 19 heavy (non-hydrogen) atoms. The third-order valence-electron chi connectivity index (χ3n) is 3.16. The van der Waals surface area contributed by atoms with Gasteiger partial charge in [0.15, 0.2) is 0 Å². The maximum absolute atomic E-state index is 6.24. The Kier molecular flexibility index (Phi) is 3.01. The minimum atomic E-state index is 0.639. The zero-order chi connectivity index (χ0) is 13.2. The molecular formula is C15H14N3S+. The number of aromatic nitrogens is 2. The van der Waals surface area contributed by atoms with Crippen molar-refractivity contribution in [2.24, 2.45) is 0 Å². The average molecular weight is 268 g/mol. The van der Waals surface area contributed by atoms with Gasteiger partial charge in [0, 0.05) is 0 Å². The molecule has 0 aliphatic carbocycles. The molecule has 3 N–H and O–H groups in total. The zero-order valence-corrected chi connectivity index (χ0v) is 11.2. The van der Waals surface area contributed by atoms with Crippen molar-refractivity contribution in [2.45, 2.75) is 6.54 Å². The Bertz CT molecular complexity index is 778. The summed E-state index contributed by atoms with van der Waals surface area (Å²) in [4.78, 5) is 3.22. The van der Waals surface area contributed by atoms with Gasteiger partial charge in [0.2, 0.25) is 5.82 Å². The first-order valence-electron chi connectivity index (χ1n) is 6.10. The van der Waals surface area contributed by atoms with Crippen molar-refractivity contribution in [3.05, 3.63) is 64.9 Å². The SMILES string of the molecule is Nc1c2ccccc2[nH]c(=S)[n+]1Cc1ccccc1.